The Balaban J connectivity index is 1.94. The monoisotopic (exact) mass is 361 g/mol. The molecule has 0 radical (unpaired) electrons. The van der Waals surface area contributed by atoms with Crippen LogP contribution in [0.25, 0.3) is 0 Å². The molecule has 1 aliphatic heterocycles. The predicted molar refractivity (Wildman–Crippen MR) is 92.0 cm³/mol. The Morgan fingerprint density at radius 1 is 1.16 bits per heavy atom. The van der Waals surface area contributed by atoms with Gasteiger partial charge in [-0.2, -0.15) is 0 Å². The summed E-state index contributed by atoms with van der Waals surface area (Å²) < 4.78 is 27.6. The zero-order valence-corrected chi connectivity index (χ0v) is 14.1. The van der Waals surface area contributed by atoms with Crippen LogP contribution in [-0.2, 0) is 21.2 Å². The second kappa shape index (κ2) is 6.17. The first-order chi connectivity index (χ1) is 11.8. The molecule has 25 heavy (non-hydrogen) atoms. The highest BCUT2D eigenvalue weighted by atomic mass is 32.2. The van der Waals surface area contributed by atoms with Crippen molar-refractivity contribution in [3.63, 3.8) is 0 Å². The van der Waals surface area contributed by atoms with Gasteiger partial charge in [-0.25, -0.2) is 8.42 Å². The molecule has 0 fully saturated rings. The van der Waals surface area contributed by atoms with E-state index in [1.807, 2.05) is 0 Å². The van der Waals surface area contributed by atoms with Crippen LogP contribution in [-0.4, -0.2) is 19.2 Å². The number of anilines is 2. The summed E-state index contributed by atoms with van der Waals surface area (Å²) in [4.78, 5) is 21.7. The number of rotatable bonds is 4. The number of carbonyl (C=O) groups excluding carboxylic acids is 1. The summed E-state index contributed by atoms with van der Waals surface area (Å²) in [6, 6.07) is 8.42. The van der Waals surface area contributed by atoms with Gasteiger partial charge >= 0.3 is 0 Å². The quantitative estimate of drug-likeness (QED) is 0.641. The number of nitrogens with zero attached hydrogens (tertiary/aromatic N) is 1. The third-order valence-corrected chi connectivity index (χ3v) is 5.32. The Labute approximate surface area is 144 Å². The van der Waals surface area contributed by atoms with E-state index in [9.17, 15) is 23.3 Å². The van der Waals surface area contributed by atoms with E-state index in [-0.39, 0.29) is 22.2 Å². The van der Waals surface area contributed by atoms with Gasteiger partial charge in [-0.1, -0.05) is 6.07 Å². The number of carbonyl (C=O) groups is 1. The Bertz CT molecular complexity index is 985. The number of aryl methyl sites for hydroxylation is 2. The minimum absolute atomic E-state index is 0.0355. The summed E-state index contributed by atoms with van der Waals surface area (Å²) in [7, 11) is -3.91. The molecule has 130 valence electrons. The largest absolute Gasteiger partial charge is 0.326 e. The van der Waals surface area contributed by atoms with Crippen LogP contribution in [0.1, 0.15) is 17.5 Å². The van der Waals surface area contributed by atoms with Crippen LogP contribution in [0, 0.1) is 17.0 Å². The van der Waals surface area contributed by atoms with Crippen molar-refractivity contribution < 1.29 is 18.1 Å². The Morgan fingerprint density at radius 3 is 2.64 bits per heavy atom. The van der Waals surface area contributed by atoms with Crippen LogP contribution >= 0.6 is 0 Å². The molecule has 2 N–H and O–H groups in total. The fourth-order valence-corrected chi connectivity index (χ4v) is 3.74. The lowest BCUT2D eigenvalue weighted by molar-refractivity contribution is -0.384. The number of sulfonamides is 1. The highest BCUT2D eigenvalue weighted by molar-refractivity contribution is 7.92. The van der Waals surface area contributed by atoms with Gasteiger partial charge in [-0.05, 0) is 42.7 Å². The van der Waals surface area contributed by atoms with Crippen molar-refractivity contribution in [1.82, 2.24) is 0 Å². The maximum atomic E-state index is 12.6. The molecule has 0 saturated carbocycles. The van der Waals surface area contributed by atoms with Crippen molar-refractivity contribution in [2.75, 3.05) is 10.0 Å². The molecule has 3 rings (SSSR count). The number of hydrogen-bond donors (Lipinski definition) is 2. The van der Waals surface area contributed by atoms with Gasteiger partial charge in [0, 0.05) is 24.2 Å². The number of nitro groups is 1. The summed E-state index contributed by atoms with van der Waals surface area (Å²) in [6.07, 6.45) is 0.758. The number of benzene rings is 2. The number of hydrogen-bond acceptors (Lipinski definition) is 5. The standard InChI is InChI=1S/C16H15N3O5S/c1-10-2-4-12(19(21)22)9-15(10)18-25(23,24)13-5-6-14-11(8-13)3-7-16(20)17-14/h2,4-6,8-9,18H,3,7H2,1H3,(H,17,20). The maximum absolute atomic E-state index is 12.6. The van der Waals surface area contributed by atoms with Gasteiger partial charge in [0.15, 0.2) is 0 Å². The van der Waals surface area contributed by atoms with Crippen LogP contribution < -0.4 is 10.0 Å². The highest BCUT2D eigenvalue weighted by Gasteiger charge is 2.21. The summed E-state index contributed by atoms with van der Waals surface area (Å²) >= 11 is 0. The van der Waals surface area contributed by atoms with Crippen molar-refractivity contribution in [3.8, 4) is 0 Å². The molecular weight excluding hydrogens is 346 g/mol. The topological polar surface area (TPSA) is 118 Å². The number of non-ortho nitro benzene ring substituents is 1. The molecule has 8 nitrogen and oxygen atoms in total. The second-order valence-corrected chi connectivity index (χ2v) is 7.41. The van der Waals surface area contributed by atoms with Gasteiger partial charge in [0.25, 0.3) is 15.7 Å². The zero-order valence-electron chi connectivity index (χ0n) is 13.3. The fourth-order valence-electron chi connectivity index (χ4n) is 2.56. The lowest BCUT2D eigenvalue weighted by atomic mass is 10.0. The third-order valence-electron chi connectivity index (χ3n) is 3.96. The minimum atomic E-state index is -3.91. The van der Waals surface area contributed by atoms with E-state index in [1.165, 1.54) is 30.3 Å². The van der Waals surface area contributed by atoms with E-state index >= 15 is 0 Å². The normalized spacial score (nSPS) is 13.7. The van der Waals surface area contributed by atoms with Crippen LogP contribution in [0.15, 0.2) is 41.3 Å². The van der Waals surface area contributed by atoms with Crippen molar-refractivity contribution in [1.29, 1.82) is 0 Å². The molecule has 1 aliphatic rings. The molecule has 2 aromatic carbocycles. The highest BCUT2D eigenvalue weighted by Crippen LogP contribution is 2.28. The van der Waals surface area contributed by atoms with Gasteiger partial charge in [0.05, 0.1) is 15.5 Å². The lowest BCUT2D eigenvalue weighted by Gasteiger charge is -2.18. The average Bonchev–Trinajstić information content (AvgIpc) is 2.55. The van der Waals surface area contributed by atoms with Crippen molar-refractivity contribution in [2.24, 2.45) is 0 Å². The molecule has 0 spiro atoms. The van der Waals surface area contributed by atoms with Crippen molar-refractivity contribution >= 4 is 33.0 Å². The van der Waals surface area contributed by atoms with E-state index in [0.29, 0.717) is 24.1 Å². The van der Waals surface area contributed by atoms with Crippen LogP contribution in [0.5, 0.6) is 0 Å². The fraction of sp³-hybridized carbons (Fsp3) is 0.188. The number of nitrogens with one attached hydrogen (secondary N) is 2. The van der Waals surface area contributed by atoms with E-state index in [0.717, 1.165) is 5.56 Å². The van der Waals surface area contributed by atoms with Gasteiger partial charge in [0.1, 0.15) is 0 Å². The van der Waals surface area contributed by atoms with Crippen molar-refractivity contribution in [3.05, 3.63) is 57.6 Å². The van der Waals surface area contributed by atoms with Gasteiger partial charge in [0.2, 0.25) is 5.91 Å². The molecule has 0 saturated heterocycles. The van der Waals surface area contributed by atoms with E-state index in [1.54, 1.807) is 13.0 Å². The van der Waals surface area contributed by atoms with Crippen LogP contribution in [0.3, 0.4) is 0 Å². The molecule has 1 amide bonds. The Kier molecular flexibility index (Phi) is 4.17. The number of nitro benzene ring substituents is 1. The second-order valence-electron chi connectivity index (χ2n) is 5.73. The molecule has 9 heteroatoms. The SMILES string of the molecule is Cc1ccc([N+](=O)[O-])cc1NS(=O)(=O)c1ccc2c(c1)CCC(=O)N2. The Morgan fingerprint density at radius 2 is 1.92 bits per heavy atom. The smallest absolute Gasteiger partial charge is 0.271 e. The number of amides is 1. The molecular formula is C16H15N3O5S. The molecule has 0 unspecified atom stereocenters. The summed E-state index contributed by atoms with van der Waals surface area (Å²) in [5, 5.41) is 13.6. The maximum Gasteiger partial charge on any atom is 0.271 e. The summed E-state index contributed by atoms with van der Waals surface area (Å²) in [5.41, 5.74) is 1.86. The molecule has 0 bridgehead atoms. The lowest BCUT2D eigenvalue weighted by Crippen LogP contribution is -2.20. The molecule has 1 heterocycles. The summed E-state index contributed by atoms with van der Waals surface area (Å²) in [5.74, 6) is -0.103. The number of fused-ring (bicyclic) bond motifs is 1. The molecule has 0 aromatic heterocycles. The van der Waals surface area contributed by atoms with Crippen LogP contribution in [0.2, 0.25) is 0 Å². The van der Waals surface area contributed by atoms with Crippen molar-refractivity contribution in [2.45, 2.75) is 24.7 Å². The van der Waals surface area contributed by atoms with Gasteiger partial charge in [-0.15, -0.1) is 0 Å². The zero-order chi connectivity index (χ0) is 18.2. The molecule has 0 atom stereocenters. The van der Waals surface area contributed by atoms with Gasteiger partial charge < -0.3 is 5.32 Å². The first-order valence-electron chi connectivity index (χ1n) is 7.47. The first-order valence-corrected chi connectivity index (χ1v) is 8.95. The predicted octanol–water partition coefficient (Wildman–Crippen LogP) is 2.59. The first kappa shape index (κ1) is 16.9. The van der Waals surface area contributed by atoms with Crippen LogP contribution in [0.4, 0.5) is 17.1 Å². The van der Waals surface area contributed by atoms with E-state index in [2.05, 4.69) is 10.0 Å². The third kappa shape index (κ3) is 3.45. The minimum Gasteiger partial charge on any atom is -0.326 e. The summed E-state index contributed by atoms with van der Waals surface area (Å²) in [6.45, 7) is 1.66. The Hall–Kier alpha value is -2.94. The molecule has 0 aliphatic carbocycles. The van der Waals surface area contributed by atoms with E-state index in [4.69, 9.17) is 0 Å². The van der Waals surface area contributed by atoms with E-state index < -0.39 is 14.9 Å². The molecule has 2 aromatic rings. The average molecular weight is 361 g/mol. The van der Waals surface area contributed by atoms with Gasteiger partial charge in [-0.3, -0.25) is 19.6 Å².